The lowest BCUT2D eigenvalue weighted by Crippen LogP contribution is -2.37. The highest BCUT2D eigenvalue weighted by molar-refractivity contribution is 7.92. The molecular weight excluding hydrogens is 370 g/mol. The Kier molecular flexibility index (Phi) is 6.40. The number of carbonyl (C=O) groups excluding carboxylic acids is 2. The van der Waals surface area contributed by atoms with Crippen LogP contribution in [0, 0.1) is 0 Å². The van der Waals surface area contributed by atoms with Gasteiger partial charge in [-0.15, -0.1) is 0 Å². The summed E-state index contributed by atoms with van der Waals surface area (Å²) in [6, 6.07) is 12.4. The van der Waals surface area contributed by atoms with Crippen LogP contribution in [0.3, 0.4) is 0 Å². The van der Waals surface area contributed by atoms with Crippen LogP contribution < -0.4 is 20.1 Å². The maximum atomic E-state index is 12.3. The maximum Gasteiger partial charge on any atom is 0.248 e. The molecule has 2 aromatic carbocycles. The number of nitrogens with two attached hydrogens (primary N) is 1. The van der Waals surface area contributed by atoms with Crippen LogP contribution in [0.4, 0.5) is 11.4 Å². The zero-order chi connectivity index (χ0) is 20.0. The van der Waals surface area contributed by atoms with Crippen LogP contribution in [0.1, 0.15) is 17.3 Å². The van der Waals surface area contributed by atoms with Gasteiger partial charge in [-0.25, -0.2) is 8.42 Å². The number of primary amides is 1. The van der Waals surface area contributed by atoms with Crippen LogP contribution in [0.25, 0.3) is 0 Å². The standard InChI is InChI=1S/C18H21N3O5S/c1-3-26-16-10-8-15(9-11-16)21(27(2,24)25)12-17(22)20-14-6-4-13(5-7-14)18(19)23/h4-11H,3,12H2,1-2H3,(H2,19,23)(H,20,22). The molecule has 9 heteroatoms. The van der Waals surface area contributed by atoms with E-state index in [9.17, 15) is 18.0 Å². The summed E-state index contributed by atoms with van der Waals surface area (Å²) in [4.78, 5) is 23.4. The van der Waals surface area contributed by atoms with Crippen molar-refractivity contribution in [2.45, 2.75) is 6.92 Å². The third-order valence-corrected chi connectivity index (χ3v) is 4.72. The molecule has 0 fully saturated rings. The van der Waals surface area contributed by atoms with E-state index in [-0.39, 0.29) is 0 Å². The van der Waals surface area contributed by atoms with Crippen LogP contribution in [0.2, 0.25) is 0 Å². The summed E-state index contributed by atoms with van der Waals surface area (Å²) in [7, 11) is -3.68. The van der Waals surface area contributed by atoms with E-state index < -0.39 is 28.4 Å². The van der Waals surface area contributed by atoms with Crippen LogP contribution in [-0.2, 0) is 14.8 Å². The Balaban J connectivity index is 2.13. The minimum Gasteiger partial charge on any atom is -0.494 e. The van der Waals surface area contributed by atoms with Crippen LogP contribution in [0.5, 0.6) is 5.75 Å². The normalized spacial score (nSPS) is 10.9. The molecule has 0 saturated heterocycles. The molecule has 27 heavy (non-hydrogen) atoms. The van der Waals surface area contributed by atoms with Crippen molar-refractivity contribution in [3.05, 3.63) is 54.1 Å². The monoisotopic (exact) mass is 391 g/mol. The lowest BCUT2D eigenvalue weighted by atomic mass is 10.2. The molecule has 144 valence electrons. The maximum absolute atomic E-state index is 12.3. The quantitative estimate of drug-likeness (QED) is 0.708. The Labute approximate surface area is 158 Å². The van der Waals surface area contributed by atoms with Crippen LogP contribution in [-0.4, -0.2) is 39.6 Å². The number of hydrogen-bond acceptors (Lipinski definition) is 5. The van der Waals surface area contributed by atoms with Gasteiger partial charge in [0.15, 0.2) is 0 Å². The first kappa shape index (κ1) is 20.2. The molecular formula is C18H21N3O5S. The molecule has 2 aromatic rings. The van der Waals surface area contributed by atoms with Crippen molar-refractivity contribution in [3.63, 3.8) is 0 Å². The first-order valence-electron chi connectivity index (χ1n) is 8.11. The molecule has 0 radical (unpaired) electrons. The minimum absolute atomic E-state index is 0.306. The highest BCUT2D eigenvalue weighted by Crippen LogP contribution is 2.22. The SMILES string of the molecule is CCOc1ccc(N(CC(=O)Nc2ccc(C(N)=O)cc2)S(C)(=O)=O)cc1. The summed E-state index contributed by atoms with van der Waals surface area (Å²) >= 11 is 0. The Morgan fingerprint density at radius 2 is 1.67 bits per heavy atom. The van der Waals surface area contributed by atoms with E-state index in [2.05, 4.69) is 5.32 Å². The second-order valence-electron chi connectivity index (χ2n) is 5.69. The summed E-state index contributed by atoms with van der Waals surface area (Å²) in [6.45, 7) is 1.94. The number of nitrogens with one attached hydrogen (secondary N) is 1. The molecule has 8 nitrogen and oxygen atoms in total. The number of amides is 2. The van der Waals surface area contributed by atoms with Gasteiger partial charge in [-0.05, 0) is 55.5 Å². The Morgan fingerprint density at radius 3 is 2.15 bits per heavy atom. The first-order valence-corrected chi connectivity index (χ1v) is 9.96. The molecule has 0 atom stereocenters. The number of sulfonamides is 1. The van der Waals surface area contributed by atoms with Gasteiger partial charge in [-0.2, -0.15) is 0 Å². The zero-order valence-electron chi connectivity index (χ0n) is 15.0. The molecule has 0 bridgehead atoms. The Morgan fingerprint density at radius 1 is 1.07 bits per heavy atom. The molecule has 0 aromatic heterocycles. The minimum atomic E-state index is -3.68. The van der Waals surface area contributed by atoms with E-state index in [1.54, 1.807) is 24.3 Å². The summed E-state index contributed by atoms with van der Waals surface area (Å²) < 4.78 is 30.6. The van der Waals surface area contributed by atoms with Gasteiger partial charge in [0.1, 0.15) is 12.3 Å². The van der Waals surface area contributed by atoms with E-state index in [4.69, 9.17) is 10.5 Å². The van der Waals surface area contributed by atoms with Crippen molar-refractivity contribution < 1.29 is 22.7 Å². The van der Waals surface area contributed by atoms with Gasteiger partial charge in [0, 0.05) is 11.3 Å². The van der Waals surface area contributed by atoms with E-state index >= 15 is 0 Å². The van der Waals surface area contributed by atoms with Crippen molar-refractivity contribution in [1.82, 2.24) is 0 Å². The smallest absolute Gasteiger partial charge is 0.248 e. The largest absolute Gasteiger partial charge is 0.494 e. The zero-order valence-corrected chi connectivity index (χ0v) is 15.8. The second-order valence-corrected chi connectivity index (χ2v) is 7.59. The molecule has 2 rings (SSSR count). The molecule has 0 aliphatic carbocycles. The van der Waals surface area contributed by atoms with Gasteiger partial charge in [0.05, 0.1) is 18.6 Å². The lowest BCUT2D eigenvalue weighted by molar-refractivity contribution is -0.114. The van der Waals surface area contributed by atoms with Gasteiger partial charge >= 0.3 is 0 Å². The third-order valence-electron chi connectivity index (χ3n) is 3.58. The van der Waals surface area contributed by atoms with E-state index in [0.717, 1.165) is 10.6 Å². The van der Waals surface area contributed by atoms with Crippen molar-refractivity contribution in [3.8, 4) is 5.75 Å². The summed E-state index contributed by atoms with van der Waals surface area (Å²) in [6.07, 6.45) is 1.03. The number of nitrogens with zero attached hydrogens (tertiary/aromatic N) is 1. The summed E-state index contributed by atoms with van der Waals surface area (Å²) in [5.74, 6) is -0.499. The van der Waals surface area contributed by atoms with E-state index in [1.165, 1.54) is 24.3 Å². The molecule has 3 N–H and O–H groups in total. The number of carbonyl (C=O) groups is 2. The van der Waals surface area contributed by atoms with E-state index in [0.29, 0.717) is 29.3 Å². The third kappa shape index (κ3) is 5.71. The Hall–Kier alpha value is -3.07. The second kappa shape index (κ2) is 8.54. The number of benzene rings is 2. The fraction of sp³-hybridized carbons (Fsp3) is 0.222. The van der Waals surface area contributed by atoms with E-state index in [1.807, 2.05) is 6.92 Å². The van der Waals surface area contributed by atoms with Crippen molar-refractivity contribution in [1.29, 1.82) is 0 Å². The lowest BCUT2D eigenvalue weighted by Gasteiger charge is -2.22. The molecule has 0 aliphatic rings. The number of ether oxygens (including phenoxy) is 1. The molecule has 0 aliphatic heterocycles. The van der Waals surface area contributed by atoms with Crippen molar-refractivity contribution in [2.24, 2.45) is 5.73 Å². The predicted molar refractivity (Wildman–Crippen MR) is 103 cm³/mol. The Bertz CT molecular complexity index is 909. The van der Waals surface area contributed by atoms with Gasteiger partial charge in [0.25, 0.3) is 0 Å². The number of hydrogen-bond donors (Lipinski definition) is 2. The topological polar surface area (TPSA) is 119 Å². The summed E-state index contributed by atoms with van der Waals surface area (Å²) in [5.41, 5.74) is 6.24. The van der Waals surface area contributed by atoms with Crippen LogP contribution >= 0.6 is 0 Å². The summed E-state index contributed by atoms with van der Waals surface area (Å²) in [5, 5.41) is 2.59. The van der Waals surface area contributed by atoms with Crippen LogP contribution in [0.15, 0.2) is 48.5 Å². The fourth-order valence-electron chi connectivity index (χ4n) is 2.32. The molecule has 2 amide bonds. The van der Waals surface area contributed by atoms with Gasteiger partial charge in [-0.1, -0.05) is 0 Å². The average Bonchev–Trinajstić information content (AvgIpc) is 2.60. The highest BCUT2D eigenvalue weighted by Gasteiger charge is 2.21. The van der Waals surface area contributed by atoms with Gasteiger partial charge in [-0.3, -0.25) is 13.9 Å². The van der Waals surface area contributed by atoms with Gasteiger partial charge in [0.2, 0.25) is 21.8 Å². The predicted octanol–water partition coefficient (Wildman–Crippen LogP) is 1.59. The number of anilines is 2. The molecule has 0 unspecified atom stereocenters. The fourth-order valence-corrected chi connectivity index (χ4v) is 3.18. The average molecular weight is 391 g/mol. The van der Waals surface area contributed by atoms with Crippen molar-refractivity contribution >= 4 is 33.2 Å². The number of rotatable bonds is 8. The van der Waals surface area contributed by atoms with Gasteiger partial charge < -0.3 is 15.8 Å². The molecule has 0 heterocycles. The highest BCUT2D eigenvalue weighted by atomic mass is 32.2. The molecule has 0 spiro atoms. The van der Waals surface area contributed by atoms with Crippen molar-refractivity contribution in [2.75, 3.05) is 29.0 Å². The molecule has 0 saturated carbocycles. The first-order chi connectivity index (χ1) is 12.7.